The maximum absolute atomic E-state index is 10.6. The molecule has 23 heavy (non-hydrogen) atoms. The van der Waals surface area contributed by atoms with E-state index >= 15 is 0 Å². The Balaban J connectivity index is 1.55. The molecule has 6 nitrogen and oxygen atoms in total. The van der Waals surface area contributed by atoms with Gasteiger partial charge in [0.2, 0.25) is 0 Å². The van der Waals surface area contributed by atoms with Gasteiger partial charge in [-0.1, -0.05) is 24.3 Å². The first-order chi connectivity index (χ1) is 11.1. The molecule has 0 bridgehead atoms. The first kappa shape index (κ1) is 15.3. The summed E-state index contributed by atoms with van der Waals surface area (Å²) in [4.78, 5) is 10.2. The van der Waals surface area contributed by atoms with E-state index in [1.165, 1.54) is 12.1 Å². The zero-order valence-electron chi connectivity index (χ0n) is 12.8. The SMILES string of the molecule is C[C@H](NCc1ccc([N+](=O)[O-])cc1)[C@H]1COc2ccccc2O1. The largest absolute Gasteiger partial charge is 0.486 e. The summed E-state index contributed by atoms with van der Waals surface area (Å²) in [6.45, 7) is 3.14. The molecule has 1 heterocycles. The van der Waals surface area contributed by atoms with Crippen molar-refractivity contribution >= 4 is 5.69 Å². The first-order valence-electron chi connectivity index (χ1n) is 7.48. The lowest BCUT2D eigenvalue weighted by molar-refractivity contribution is -0.384. The van der Waals surface area contributed by atoms with Gasteiger partial charge in [-0.25, -0.2) is 0 Å². The molecule has 0 aliphatic carbocycles. The molecule has 1 aliphatic heterocycles. The van der Waals surface area contributed by atoms with Gasteiger partial charge in [-0.05, 0) is 24.6 Å². The zero-order chi connectivity index (χ0) is 16.2. The Morgan fingerprint density at radius 2 is 1.91 bits per heavy atom. The topological polar surface area (TPSA) is 73.6 Å². The van der Waals surface area contributed by atoms with Crippen LogP contribution in [0.15, 0.2) is 48.5 Å². The zero-order valence-corrected chi connectivity index (χ0v) is 12.8. The van der Waals surface area contributed by atoms with Crippen LogP contribution in [0, 0.1) is 10.1 Å². The van der Waals surface area contributed by atoms with Crippen LogP contribution in [0.2, 0.25) is 0 Å². The Labute approximate surface area is 134 Å². The van der Waals surface area contributed by atoms with E-state index < -0.39 is 4.92 Å². The molecule has 0 radical (unpaired) electrons. The molecule has 0 spiro atoms. The molecule has 3 rings (SSSR count). The average Bonchev–Trinajstić information content (AvgIpc) is 2.59. The van der Waals surface area contributed by atoms with E-state index in [2.05, 4.69) is 5.32 Å². The molecule has 2 atom stereocenters. The molecule has 0 fully saturated rings. The number of nitro benzene ring substituents is 1. The van der Waals surface area contributed by atoms with E-state index in [0.29, 0.717) is 13.2 Å². The van der Waals surface area contributed by atoms with Crippen LogP contribution in [0.4, 0.5) is 5.69 Å². The van der Waals surface area contributed by atoms with Crippen molar-refractivity contribution in [3.63, 3.8) is 0 Å². The van der Waals surface area contributed by atoms with Gasteiger partial charge < -0.3 is 14.8 Å². The highest BCUT2D eigenvalue weighted by Crippen LogP contribution is 2.31. The Morgan fingerprint density at radius 3 is 2.61 bits per heavy atom. The number of ether oxygens (including phenoxy) is 2. The Bertz CT molecular complexity index is 687. The summed E-state index contributed by atoms with van der Waals surface area (Å²) in [5, 5.41) is 14.0. The van der Waals surface area contributed by atoms with Crippen LogP contribution in [0.3, 0.4) is 0 Å². The van der Waals surface area contributed by atoms with E-state index in [1.807, 2.05) is 31.2 Å². The summed E-state index contributed by atoms with van der Waals surface area (Å²) in [7, 11) is 0. The van der Waals surface area contributed by atoms with E-state index in [-0.39, 0.29) is 17.8 Å². The fourth-order valence-electron chi connectivity index (χ4n) is 2.43. The minimum Gasteiger partial charge on any atom is -0.486 e. The lowest BCUT2D eigenvalue weighted by Crippen LogP contribution is -2.45. The van der Waals surface area contributed by atoms with Gasteiger partial charge in [0.1, 0.15) is 12.7 Å². The van der Waals surface area contributed by atoms with Crippen LogP contribution in [-0.4, -0.2) is 23.7 Å². The maximum atomic E-state index is 10.6. The number of nitro groups is 1. The summed E-state index contributed by atoms with van der Waals surface area (Å²) in [6.07, 6.45) is -0.0806. The number of para-hydroxylation sites is 2. The number of nitrogens with one attached hydrogen (secondary N) is 1. The van der Waals surface area contributed by atoms with Gasteiger partial charge in [-0.15, -0.1) is 0 Å². The third-order valence-corrected chi connectivity index (χ3v) is 3.86. The average molecular weight is 314 g/mol. The second-order valence-corrected chi connectivity index (χ2v) is 5.51. The van der Waals surface area contributed by atoms with E-state index in [0.717, 1.165) is 17.1 Å². The number of hydrogen-bond acceptors (Lipinski definition) is 5. The van der Waals surface area contributed by atoms with Crippen molar-refractivity contribution in [2.45, 2.75) is 25.6 Å². The molecule has 0 amide bonds. The highest BCUT2D eigenvalue weighted by Gasteiger charge is 2.25. The Hall–Kier alpha value is -2.60. The van der Waals surface area contributed by atoms with Crippen molar-refractivity contribution in [2.75, 3.05) is 6.61 Å². The molecular formula is C17H18N2O4. The smallest absolute Gasteiger partial charge is 0.269 e. The number of nitrogens with zero attached hydrogens (tertiary/aromatic N) is 1. The number of rotatable bonds is 5. The highest BCUT2D eigenvalue weighted by atomic mass is 16.6. The Kier molecular flexibility index (Phi) is 4.43. The third kappa shape index (κ3) is 3.60. The van der Waals surface area contributed by atoms with Crippen molar-refractivity contribution in [2.24, 2.45) is 0 Å². The molecule has 0 unspecified atom stereocenters. The molecule has 120 valence electrons. The normalized spacial score (nSPS) is 17.5. The maximum Gasteiger partial charge on any atom is 0.269 e. The van der Waals surface area contributed by atoms with Crippen LogP contribution in [-0.2, 0) is 6.54 Å². The number of hydrogen-bond donors (Lipinski definition) is 1. The first-order valence-corrected chi connectivity index (χ1v) is 7.48. The van der Waals surface area contributed by atoms with Gasteiger partial charge in [0.25, 0.3) is 5.69 Å². The minimum atomic E-state index is -0.398. The van der Waals surface area contributed by atoms with Crippen LogP contribution >= 0.6 is 0 Å². The van der Waals surface area contributed by atoms with Gasteiger partial charge in [0, 0.05) is 24.7 Å². The number of non-ortho nitro benzene ring substituents is 1. The van der Waals surface area contributed by atoms with Gasteiger partial charge in [0.05, 0.1) is 4.92 Å². The molecule has 1 N–H and O–H groups in total. The molecule has 1 aliphatic rings. The lowest BCUT2D eigenvalue weighted by Gasteiger charge is -2.31. The van der Waals surface area contributed by atoms with E-state index in [9.17, 15) is 10.1 Å². The fraction of sp³-hybridized carbons (Fsp3) is 0.294. The van der Waals surface area contributed by atoms with Gasteiger partial charge in [-0.2, -0.15) is 0 Å². The van der Waals surface area contributed by atoms with Crippen molar-refractivity contribution in [1.82, 2.24) is 5.32 Å². The summed E-state index contributed by atoms with van der Waals surface area (Å²) in [6, 6.07) is 14.2. The second kappa shape index (κ2) is 6.66. The monoisotopic (exact) mass is 314 g/mol. The highest BCUT2D eigenvalue weighted by molar-refractivity contribution is 5.40. The van der Waals surface area contributed by atoms with Crippen molar-refractivity contribution in [1.29, 1.82) is 0 Å². The summed E-state index contributed by atoms with van der Waals surface area (Å²) in [5.41, 5.74) is 1.09. The standard InChI is InChI=1S/C17H18N2O4/c1-12(17-11-22-15-4-2-3-5-16(15)23-17)18-10-13-6-8-14(9-7-13)19(20)21/h2-9,12,17-18H,10-11H2,1H3/t12-,17+/m0/s1. The lowest BCUT2D eigenvalue weighted by atomic mass is 10.1. The van der Waals surface area contributed by atoms with Crippen molar-refractivity contribution < 1.29 is 14.4 Å². The summed E-state index contributed by atoms with van der Waals surface area (Å²) < 4.78 is 11.7. The molecule has 0 aromatic heterocycles. The van der Waals surface area contributed by atoms with Crippen LogP contribution in [0.5, 0.6) is 11.5 Å². The number of fused-ring (bicyclic) bond motifs is 1. The molecule has 0 saturated carbocycles. The predicted octanol–water partition coefficient (Wildman–Crippen LogP) is 2.91. The fourth-order valence-corrected chi connectivity index (χ4v) is 2.43. The quantitative estimate of drug-likeness (QED) is 0.678. The minimum absolute atomic E-state index is 0.0806. The third-order valence-electron chi connectivity index (χ3n) is 3.86. The second-order valence-electron chi connectivity index (χ2n) is 5.51. The van der Waals surface area contributed by atoms with Gasteiger partial charge in [-0.3, -0.25) is 10.1 Å². The van der Waals surface area contributed by atoms with Crippen LogP contribution < -0.4 is 14.8 Å². The van der Waals surface area contributed by atoms with Crippen LogP contribution in [0.1, 0.15) is 12.5 Å². The van der Waals surface area contributed by atoms with Gasteiger partial charge >= 0.3 is 0 Å². The summed E-state index contributed by atoms with van der Waals surface area (Å²) >= 11 is 0. The van der Waals surface area contributed by atoms with E-state index in [1.54, 1.807) is 12.1 Å². The molecular weight excluding hydrogens is 296 g/mol. The van der Waals surface area contributed by atoms with Crippen LogP contribution in [0.25, 0.3) is 0 Å². The molecule has 0 saturated heterocycles. The molecule has 6 heteroatoms. The Morgan fingerprint density at radius 1 is 1.22 bits per heavy atom. The van der Waals surface area contributed by atoms with Gasteiger partial charge in [0.15, 0.2) is 11.5 Å². The van der Waals surface area contributed by atoms with E-state index in [4.69, 9.17) is 9.47 Å². The predicted molar refractivity (Wildman–Crippen MR) is 85.8 cm³/mol. The molecule has 2 aromatic carbocycles. The van der Waals surface area contributed by atoms with Crippen molar-refractivity contribution in [3.8, 4) is 11.5 Å². The number of benzene rings is 2. The molecule has 2 aromatic rings. The van der Waals surface area contributed by atoms with Crippen molar-refractivity contribution in [3.05, 3.63) is 64.2 Å². The summed E-state index contributed by atoms with van der Waals surface area (Å²) in [5.74, 6) is 1.53.